The summed E-state index contributed by atoms with van der Waals surface area (Å²) in [6.07, 6.45) is 1.73. The Labute approximate surface area is 91.1 Å². The summed E-state index contributed by atoms with van der Waals surface area (Å²) < 4.78 is 0.905. The lowest BCUT2D eigenvalue weighted by atomic mass is 10.1. The first-order chi connectivity index (χ1) is 6.13. The minimum absolute atomic E-state index is 0.196. The first-order valence-electron chi connectivity index (χ1n) is 4.38. The van der Waals surface area contributed by atoms with Crippen molar-refractivity contribution in [2.45, 2.75) is 26.7 Å². The van der Waals surface area contributed by atoms with Gasteiger partial charge in [-0.25, -0.2) is 4.98 Å². The second-order valence-electron chi connectivity index (χ2n) is 3.39. The zero-order valence-corrected chi connectivity index (χ0v) is 10.3. The summed E-state index contributed by atoms with van der Waals surface area (Å²) in [4.78, 5) is 5.54. The maximum Gasteiger partial charge on any atom is 0.120 e. The molecule has 74 valence electrons. The number of aliphatic hydroxyl groups is 1. The number of aliphatic hydroxyl groups excluding tert-OH is 1. The van der Waals surface area contributed by atoms with Crippen molar-refractivity contribution >= 4 is 27.3 Å². The fraction of sp³-hybridized carbons (Fsp3) is 0.667. The molecule has 0 atom stereocenters. The van der Waals surface area contributed by atoms with Gasteiger partial charge in [-0.1, -0.05) is 13.8 Å². The van der Waals surface area contributed by atoms with Crippen LogP contribution in [-0.2, 0) is 12.8 Å². The van der Waals surface area contributed by atoms with Gasteiger partial charge in [0.15, 0.2) is 0 Å². The van der Waals surface area contributed by atoms with E-state index in [1.807, 2.05) is 0 Å². The van der Waals surface area contributed by atoms with E-state index in [2.05, 4.69) is 34.8 Å². The van der Waals surface area contributed by atoms with Crippen molar-refractivity contribution in [3.05, 3.63) is 14.5 Å². The predicted molar refractivity (Wildman–Crippen MR) is 59.1 cm³/mol. The molecular formula is C9H14BrNOS. The van der Waals surface area contributed by atoms with Gasteiger partial charge in [0.2, 0.25) is 0 Å². The Morgan fingerprint density at radius 1 is 1.54 bits per heavy atom. The fourth-order valence-corrected chi connectivity index (χ4v) is 3.00. The number of thiazole rings is 1. The van der Waals surface area contributed by atoms with Crippen LogP contribution in [0.5, 0.6) is 0 Å². The third-order valence-electron chi connectivity index (χ3n) is 1.62. The molecule has 0 aliphatic carbocycles. The van der Waals surface area contributed by atoms with E-state index < -0.39 is 0 Å². The van der Waals surface area contributed by atoms with Gasteiger partial charge >= 0.3 is 0 Å². The normalized spacial score (nSPS) is 11.2. The maximum absolute atomic E-state index is 8.79. The summed E-state index contributed by atoms with van der Waals surface area (Å²) in [6.45, 7) is 4.56. The van der Waals surface area contributed by atoms with Gasteiger partial charge in [-0.2, -0.15) is 0 Å². The van der Waals surface area contributed by atoms with Gasteiger partial charge in [0, 0.05) is 24.3 Å². The van der Waals surface area contributed by atoms with Crippen LogP contribution in [0.25, 0.3) is 0 Å². The zero-order valence-electron chi connectivity index (χ0n) is 7.88. The van der Waals surface area contributed by atoms with Crippen molar-refractivity contribution in [1.29, 1.82) is 0 Å². The average molecular weight is 264 g/mol. The predicted octanol–water partition coefficient (Wildman–Crippen LogP) is 2.64. The topological polar surface area (TPSA) is 33.1 Å². The molecule has 1 aromatic heterocycles. The summed E-state index contributed by atoms with van der Waals surface area (Å²) in [5.41, 5.74) is 0. The Balaban J connectivity index is 2.70. The van der Waals surface area contributed by atoms with E-state index in [9.17, 15) is 0 Å². The molecule has 0 spiro atoms. The lowest BCUT2D eigenvalue weighted by Crippen LogP contribution is -1.91. The van der Waals surface area contributed by atoms with E-state index in [-0.39, 0.29) is 6.61 Å². The molecule has 1 N–H and O–H groups in total. The van der Waals surface area contributed by atoms with E-state index in [1.54, 1.807) is 11.3 Å². The highest BCUT2D eigenvalue weighted by molar-refractivity contribution is 9.10. The highest BCUT2D eigenvalue weighted by atomic mass is 79.9. The van der Waals surface area contributed by atoms with Crippen LogP contribution in [0.3, 0.4) is 0 Å². The summed E-state index contributed by atoms with van der Waals surface area (Å²) in [5, 5.41) is 9.95. The van der Waals surface area contributed by atoms with Gasteiger partial charge < -0.3 is 5.11 Å². The quantitative estimate of drug-likeness (QED) is 0.906. The second-order valence-corrected chi connectivity index (χ2v) is 5.31. The Bertz CT molecular complexity index is 273. The molecule has 0 aliphatic rings. The molecule has 0 unspecified atom stereocenters. The van der Waals surface area contributed by atoms with Crippen LogP contribution in [-0.4, -0.2) is 16.7 Å². The summed E-state index contributed by atoms with van der Waals surface area (Å²) in [7, 11) is 0. The first-order valence-corrected chi connectivity index (χ1v) is 5.99. The average Bonchev–Trinajstić information content (AvgIpc) is 2.31. The van der Waals surface area contributed by atoms with Crippen LogP contribution < -0.4 is 0 Å². The minimum atomic E-state index is 0.196. The second kappa shape index (κ2) is 5.08. The monoisotopic (exact) mass is 263 g/mol. The maximum atomic E-state index is 8.79. The summed E-state index contributed by atoms with van der Waals surface area (Å²) >= 11 is 5.09. The van der Waals surface area contributed by atoms with E-state index in [1.165, 1.54) is 0 Å². The van der Waals surface area contributed by atoms with Crippen molar-refractivity contribution < 1.29 is 5.11 Å². The fourth-order valence-electron chi connectivity index (χ4n) is 1.07. The highest BCUT2D eigenvalue weighted by Crippen LogP contribution is 2.25. The van der Waals surface area contributed by atoms with E-state index in [0.717, 1.165) is 20.9 Å². The molecule has 0 radical (unpaired) electrons. The Kier molecular flexibility index (Phi) is 4.35. The molecule has 0 saturated carbocycles. The molecule has 2 nitrogen and oxygen atoms in total. The molecule has 1 aromatic rings. The van der Waals surface area contributed by atoms with Crippen LogP contribution >= 0.6 is 27.3 Å². The zero-order chi connectivity index (χ0) is 9.84. The smallest absolute Gasteiger partial charge is 0.120 e. The summed E-state index contributed by atoms with van der Waals surface area (Å²) in [6, 6.07) is 0. The van der Waals surface area contributed by atoms with E-state index in [0.29, 0.717) is 12.3 Å². The molecule has 4 heteroatoms. The third kappa shape index (κ3) is 3.37. The van der Waals surface area contributed by atoms with E-state index in [4.69, 9.17) is 5.11 Å². The Morgan fingerprint density at radius 2 is 2.23 bits per heavy atom. The molecule has 0 fully saturated rings. The van der Waals surface area contributed by atoms with Gasteiger partial charge in [-0.15, -0.1) is 11.3 Å². The van der Waals surface area contributed by atoms with Crippen LogP contribution in [0.1, 0.15) is 23.7 Å². The molecule has 0 aliphatic heterocycles. The lowest BCUT2D eigenvalue weighted by molar-refractivity contribution is 0.300. The number of aromatic nitrogens is 1. The number of hydrogen-bond acceptors (Lipinski definition) is 3. The standard InChI is InChI=1S/C9H14BrNOS/c1-6(2)5-8-11-9(10)7(13-8)3-4-12/h6,12H,3-5H2,1-2H3. The van der Waals surface area contributed by atoms with Gasteiger partial charge in [0.05, 0.1) is 5.01 Å². The number of nitrogens with zero attached hydrogens (tertiary/aromatic N) is 1. The molecule has 0 saturated heterocycles. The third-order valence-corrected chi connectivity index (χ3v) is 3.67. The number of rotatable bonds is 4. The van der Waals surface area contributed by atoms with Crippen molar-refractivity contribution in [2.75, 3.05) is 6.61 Å². The Morgan fingerprint density at radius 3 is 2.77 bits per heavy atom. The Hall–Kier alpha value is 0.0700. The highest BCUT2D eigenvalue weighted by Gasteiger charge is 2.09. The SMILES string of the molecule is CC(C)Cc1nc(Br)c(CCO)s1. The van der Waals surface area contributed by atoms with Crippen molar-refractivity contribution in [2.24, 2.45) is 5.92 Å². The first kappa shape index (κ1) is 11.1. The summed E-state index contributed by atoms with van der Waals surface area (Å²) in [5.74, 6) is 0.639. The molecular weight excluding hydrogens is 250 g/mol. The van der Waals surface area contributed by atoms with Crippen LogP contribution in [0.4, 0.5) is 0 Å². The molecule has 0 bridgehead atoms. The molecule has 1 heterocycles. The minimum Gasteiger partial charge on any atom is -0.396 e. The largest absolute Gasteiger partial charge is 0.396 e. The molecule has 13 heavy (non-hydrogen) atoms. The molecule has 0 amide bonds. The van der Waals surface area contributed by atoms with Gasteiger partial charge in [0.1, 0.15) is 4.60 Å². The number of halogens is 1. The van der Waals surface area contributed by atoms with Crippen molar-refractivity contribution in [3.8, 4) is 0 Å². The van der Waals surface area contributed by atoms with Crippen molar-refractivity contribution in [3.63, 3.8) is 0 Å². The van der Waals surface area contributed by atoms with Crippen molar-refractivity contribution in [1.82, 2.24) is 4.98 Å². The van der Waals surface area contributed by atoms with Crippen LogP contribution in [0.15, 0.2) is 4.60 Å². The molecule has 1 rings (SSSR count). The molecule has 0 aromatic carbocycles. The van der Waals surface area contributed by atoms with Gasteiger partial charge in [0.25, 0.3) is 0 Å². The van der Waals surface area contributed by atoms with E-state index >= 15 is 0 Å². The van der Waals surface area contributed by atoms with Crippen LogP contribution in [0.2, 0.25) is 0 Å². The van der Waals surface area contributed by atoms with Gasteiger partial charge in [-0.05, 0) is 21.8 Å². The van der Waals surface area contributed by atoms with Gasteiger partial charge in [-0.3, -0.25) is 0 Å². The lowest BCUT2D eigenvalue weighted by Gasteiger charge is -1.97. The van der Waals surface area contributed by atoms with Crippen LogP contribution in [0, 0.1) is 5.92 Å². The number of hydrogen-bond donors (Lipinski definition) is 1.